The predicted molar refractivity (Wildman–Crippen MR) is 36.5 cm³/mol. The van der Waals surface area contributed by atoms with Gasteiger partial charge in [0.05, 0.1) is 0 Å². The Labute approximate surface area is 69.3 Å². The molecular formula is C4H4Cl2PZr-. The number of halogens is 2. The van der Waals surface area contributed by atoms with Crippen molar-refractivity contribution in [1.29, 1.82) is 0 Å². The Hall–Kier alpha value is 1.24. The minimum atomic E-state index is -0.826. The van der Waals surface area contributed by atoms with E-state index in [1.165, 1.54) is 0 Å². The molecule has 0 radical (unpaired) electrons. The minimum absolute atomic E-state index is 0.823. The van der Waals surface area contributed by atoms with E-state index in [9.17, 15) is 0 Å². The molecule has 0 amide bonds. The molecule has 0 aliphatic rings. The van der Waals surface area contributed by atoms with Crippen LogP contribution in [0.15, 0.2) is 17.9 Å². The van der Waals surface area contributed by atoms with E-state index in [1.54, 1.807) is 0 Å². The molecule has 1 rings (SSSR count). The summed E-state index contributed by atoms with van der Waals surface area (Å²) >= 11 is -0.826. The van der Waals surface area contributed by atoms with Gasteiger partial charge >= 0.3 is 37.9 Å². The predicted octanol–water partition coefficient (Wildman–Crippen LogP) is 2.89. The summed E-state index contributed by atoms with van der Waals surface area (Å²) in [6.07, 6.45) is 0. The van der Waals surface area contributed by atoms with Crippen LogP contribution in [0.5, 0.6) is 0 Å². The molecule has 1 atom stereocenters. The molecule has 0 fully saturated rings. The molecule has 1 aromatic heterocycles. The zero-order chi connectivity index (χ0) is 6.24. The summed E-state index contributed by atoms with van der Waals surface area (Å²) in [4.78, 5) is 0. The van der Waals surface area contributed by atoms with Crippen LogP contribution >= 0.6 is 25.2 Å². The second-order valence-corrected chi connectivity index (χ2v) is 5.53. The summed E-state index contributed by atoms with van der Waals surface area (Å²) in [5, 5.41) is 0. The maximum atomic E-state index is 4.93. The molecule has 1 aromatic rings. The van der Waals surface area contributed by atoms with Crippen molar-refractivity contribution in [3.63, 3.8) is 0 Å². The average molecular weight is 245 g/mol. The molecule has 0 saturated heterocycles. The second-order valence-electron chi connectivity index (χ2n) is 0.886. The smallest absolute Gasteiger partial charge is 0.163 e. The number of rotatable bonds is 0. The van der Waals surface area contributed by atoms with Crippen molar-refractivity contribution in [3.8, 4) is 0 Å². The van der Waals surface area contributed by atoms with Crippen molar-refractivity contribution in [2.45, 2.75) is 0 Å². The van der Waals surface area contributed by atoms with Crippen molar-refractivity contribution in [1.82, 2.24) is 0 Å². The third-order valence-corrected chi connectivity index (χ3v) is 1.13. The Bertz CT molecular complexity index is 80.9. The Morgan fingerprint density at radius 2 is 2.12 bits per heavy atom. The molecule has 8 heavy (non-hydrogen) atoms. The standard InChI is InChI=1S/C4H4P.2ClH.Zr/c1-2-4-5-3-1;;;/h1-3,5H;2*1H;/q-1;;;+2/p-2. The molecule has 4 heteroatoms. The number of hydrogen-bond donors (Lipinski definition) is 0. The van der Waals surface area contributed by atoms with Gasteiger partial charge in [0.1, 0.15) is 0 Å². The zero-order valence-electron chi connectivity index (χ0n) is 3.99. The maximum Gasteiger partial charge on any atom is -0.163 e. The molecule has 0 aliphatic carbocycles. The fraction of sp³-hybridized carbons (Fsp3) is 0. The first kappa shape index (κ1) is 9.24. The van der Waals surface area contributed by atoms with Crippen molar-refractivity contribution in [3.05, 3.63) is 23.7 Å². The largest absolute Gasteiger partial charge is 0.271 e. The molecular weight excluding hydrogens is 241 g/mol. The first-order chi connectivity index (χ1) is 3.91. The van der Waals surface area contributed by atoms with Crippen LogP contribution in [0.1, 0.15) is 0 Å². The summed E-state index contributed by atoms with van der Waals surface area (Å²) in [7, 11) is 10.7. The molecule has 0 N–H and O–H groups in total. The van der Waals surface area contributed by atoms with Crippen LogP contribution in [0.25, 0.3) is 0 Å². The summed E-state index contributed by atoms with van der Waals surface area (Å²) < 4.78 is 0. The van der Waals surface area contributed by atoms with Gasteiger partial charge in [0.25, 0.3) is 0 Å². The Balaban J connectivity index is 0.000000145. The van der Waals surface area contributed by atoms with Crippen LogP contribution in [0.4, 0.5) is 0 Å². The van der Waals surface area contributed by atoms with E-state index in [0.29, 0.717) is 0 Å². The van der Waals surface area contributed by atoms with E-state index in [4.69, 9.17) is 17.0 Å². The van der Waals surface area contributed by atoms with Gasteiger partial charge in [-0.2, -0.15) is 17.7 Å². The van der Waals surface area contributed by atoms with Gasteiger partial charge in [-0.1, -0.05) is 0 Å². The molecule has 0 spiro atoms. The van der Waals surface area contributed by atoms with E-state index < -0.39 is 20.8 Å². The average Bonchev–Trinajstić information content (AvgIpc) is 2.17. The normalized spacial score (nSPS) is 7.75. The summed E-state index contributed by atoms with van der Waals surface area (Å²) in [5.41, 5.74) is 0. The third kappa shape index (κ3) is 7.24. The van der Waals surface area contributed by atoms with E-state index in [1.807, 2.05) is 12.1 Å². The third-order valence-electron chi connectivity index (χ3n) is 0.442. The Morgan fingerprint density at radius 3 is 2.25 bits per heavy atom. The van der Waals surface area contributed by atoms with Gasteiger partial charge < -0.3 is 0 Å². The number of hydrogen-bond acceptors (Lipinski definition) is 0. The quantitative estimate of drug-likeness (QED) is 0.616. The fourth-order valence-corrected chi connectivity index (χ4v) is 0.722. The van der Waals surface area contributed by atoms with E-state index >= 15 is 0 Å². The first-order valence-corrected chi connectivity index (χ1v) is 9.28. The Morgan fingerprint density at radius 1 is 1.50 bits per heavy atom. The molecule has 0 saturated carbocycles. The molecule has 1 unspecified atom stereocenters. The molecule has 0 aromatic carbocycles. The van der Waals surface area contributed by atoms with Gasteiger partial charge in [0, 0.05) is 0 Å². The minimum Gasteiger partial charge on any atom is -0.271 e. The fourth-order valence-electron chi connectivity index (χ4n) is 0.241. The maximum absolute atomic E-state index is 4.93. The second kappa shape index (κ2) is 8.24. The topological polar surface area (TPSA) is 0 Å². The molecule has 1 heterocycles. The molecule has 0 bridgehead atoms. The van der Waals surface area contributed by atoms with Crippen molar-refractivity contribution in [2.75, 3.05) is 0 Å². The van der Waals surface area contributed by atoms with Crippen LogP contribution in [0.2, 0.25) is 0 Å². The van der Waals surface area contributed by atoms with Gasteiger partial charge in [0.2, 0.25) is 0 Å². The van der Waals surface area contributed by atoms with E-state index in [2.05, 4.69) is 11.6 Å². The Kier molecular flexibility index (Phi) is 9.52. The van der Waals surface area contributed by atoms with Gasteiger partial charge in [0.15, 0.2) is 0 Å². The molecule has 0 aliphatic heterocycles. The monoisotopic (exact) mass is 243 g/mol. The summed E-state index contributed by atoms with van der Waals surface area (Å²) in [5.74, 6) is 5.11. The molecule has 0 nitrogen and oxygen atoms in total. The zero-order valence-corrected chi connectivity index (χ0v) is 8.96. The van der Waals surface area contributed by atoms with Gasteiger partial charge in [-0.05, 0) is 0 Å². The van der Waals surface area contributed by atoms with Crippen molar-refractivity contribution in [2.24, 2.45) is 0 Å². The molecule has 44 valence electrons. The van der Waals surface area contributed by atoms with Crippen LogP contribution in [0, 0.1) is 5.80 Å². The van der Waals surface area contributed by atoms with Crippen molar-refractivity contribution < 1.29 is 20.8 Å². The van der Waals surface area contributed by atoms with Gasteiger partial charge in [-0.25, -0.2) is 6.07 Å². The van der Waals surface area contributed by atoms with Gasteiger partial charge in [-0.15, -0.1) is 0 Å². The van der Waals surface area contributed by atoms with E-state index in [-0.39, 0.29) is 0 Å². The summed E-state index contributed by atoms with van der Waals surface area (Å²) in [6, 6.07) is 3.96. The van der Waals surface area contributed by atoms with E-state index in [0.717, 1.165) is 8.19 Å². The van der Waals surface area contributed by atoms with Crippen LogP contribution in [-0.2, 0) is 20.8 Å². The summed E-state index contributed by atoms with van der Waals surface area (Å²) in [6.45, 7) is 0. The van der Waals surface area contributed by atoms with Crippen LogP contribution in [-0.4, -0.2) is 0 Å². The van der Waals surface area contributed by atoms with Gasteiger partial charge in [-0.3, -0.25) is 8.19 Å². The first-order valence-electron chi connectivity index (χ1n) is 1.87. The van der Waals surface area contributed by atoms with Crippen LogP contribution < -0.4 is 0 Å². The SMILES string of the molecule is [Cl][Zr][Cl].[c-]1ccc[pH]1. The van der Waals surface area contributed by atoms with Crippen LogP contribution in [0.3, 0.4) is 0 Å². The van der Waals surface area contributed by atoms with Crippen molar-refractivity contribution >= 4 is 25.2 Å².